The molecule has 0 unspecified atom stereocenters. The lowest BCUT2D eigenvalue weighted by atomic mass is 10.2. The van der Waals surface area contributed by atoms with Crippen LogP contribution in [-0.4, -0.2) is 27.2 Å². The van der Waals surface area contributed by atoms with E-state index in [1.54, 1.807) is 6.20 Å². The van der Waals surface area contributed by atoms with Gasteiger partial charge in [-0.3, -0.25) is 9.89 Å². The summed E-state index contributed by atoms with van der Waals surface area (Å²) in [5.74, 6) is -0.0848. The Hall–Kier alpha value is -2.04. The third-order valence-corrected chi connectivity index (χ3v) is 2.40. The molecular formula is C11H14N4O. The van der Waals surface area contributed by atoms with Crippen molar-refractivity contribution in [1.29, 1.82) is 0 Å². The molecule has 0 aliphatic rings. The maximum atomic E-state index is 11.7. The van der Waals surface area contributed by atoms with Crippen LogP contribution in [0.2, 0.25) is 0 Å². The fourth-order valence-electron chi connectivity index (χ4n) is 1.49. The van der Waals surface area contributed by atoms with Crippen molar-refractivity contribution < 1.29 is 4.79 Å². The number of H-pyrrole nitrogens is 1. The van der Waals surface area contributed by atoms with Crippen molar-refractivity contribution >= 4 is 5.91 Å². The number of aromatic amines is 1. The van der Waals surface area contributed by atoms with E-state index in [0.717, 1.165) is 12.2 Å². The van der Waals surface area contributed by atoms with Crippen molar-refractivity contribution in [2.75, 3.05) is 6.54 Å². The lowest BCUT2D eigenvalue weighted by Gasteiger charge is -2.05. The fourth-order valence-corrected chi connectivity index (χ4v) is 1.49. The van der Waals surface area contributed by atoms with Gasteiger partial charge < -0.3 is 9.88 Å². The minimum absolute atomic E-state index is 0.0848. The van der Waals surface area contributed by atoms with Crippen LogP contribution >= 0.6 is 0 Å². The minimum atomic E-state index is -0.0848. The van der Waals surface area contributed by atoms with Gasteiger partial charge in [-0.15, -0.1) is 0 Å². The Morgan fingerprint density at radius 2 is 2.25 bits per heavy atom. The summed E-state index contributed by atoms with van der Waals surface area (Å²) in [6, 6.07) is 3.92. The number of aromatic nitrogens is 3. The number of rotatable bonds is 4. The second kappa shape index (κ2) is 4.65. The van der Waals surface area contributed by atoms with E-state index >= 15 is 0 Å². The average molecular weight is 218 g/mol. The van der Waals surface area contributed by atoms with Crippen molar-refractivity contribution in [2.24, 2.45) is 0 Å². The van der Waals surface area contributed by atoms with E-state index in [-0.39, 0.29) is 5.91 Å². The summed E-state index contributed by atoms with van der Waals surface area (Å²) in [4.78, 5) is 11.7. The molecule has 0 radical (unpaired) electrons. The van der Waals surface area contributed by atoms with Crippen LogP contribution < -0.4 is 5.32 Å². The smallest absolute Gasteiger partial charge is 0.254 e. The van der Waals surface area contributed by atoms with E-state index in [1.807, 2.05) is 36.0 Å². The van der Waals surface area contributed by atoms with Crippen LogP contribution in [-0.2, 0) is 6.54 Å². The third kappa shape index (κ3) is 2.31. The zero-order valence-corrected chi connectivity index (χ0v) is 9.10. The zero-order chi connectivity index (χ0) is 11.4. The molecule has 2 aromatic heterocycles. The van der Waals surface area contributed by atoms with Crippen LogP contribution in [0.4, 0.5) is 0 Å². The Labute approximate surface area is 93.5 Å². The normalized spacial score (nSPS) is 10.3. The van der Waals surface area contributed by atoms with Gasteiger partial charge in [-0.05, 0) is 19.1 Å². The molecule has 0 aromatic carbocycles. The highest BCUT2D eigenvalue weighted by Crippen LogP contribution is 2.01. The standard InChI is InChI=1S/C11H14N4O/c1-9-10(8-13-14-9)11(16)12-4-7-15-5-2-3-6-15/h2-3,5-6,8H,4,7H2,1H3,(H,12,16)(H,13,14). The van der Waals surface area contributed by atoms with Gasteiger partial charge in [0.25, 0.3) is 5.91 Å². The van der Waals surface area contributed by atoms with Gasteiger partial charge in [-0.1, -0.05) is 0 Å². The Kier molecular flexibility index (Phi) is 3.05. The number of amides is 1. The monoisotopic (exact) mass is 218 g/mol. The van der Waals surface area contributed by atoms with Crippen LogP contribution in [0.25, 0.3) is 0 Å². The molecule has 0 saturated carbocycles. The van der Waals surface area contributed by atoms with E-state index in [1.165, 1.54) is 0 Å². The molecule has 0 aliphatic heterocycles. The first-order valence-electron chi connectivity index (χ1n) is 5.16. The van der Waals surface area contributed by atoms with Crippen LogP contribution in [0.15, 0.2) is 30.7 Å². The van der Waals surface area contributed by atoms with Gasteiger partial charge in [0.1, 0.15) is 0 Å². The predicted molar refractivity (Wildman–Crippen MR) is 60.1 cm³/mol. The topological polar surface area (TPSA) is 62.7 Å². The Balaban J connectivity index is 1.83. The number of carbonyl (C=O) groups is 1. The summed E-state index contributed by atoms with van der Waals surface area (Å²) < 4.78 is 2.02. The largest absolute Gasteiger partial charge is 0.353 e. The summed E-state index contributed by atoms with van der Waals surface area (Å²) in [7, 11) is 0. The maximum Gasteiger partial charge on any atom is 0.254 e. The molecule has 5 heteroatoms. The van der Waals surface area contributed by atoms with E-state index in [0.29, 0.717) is 12.1 Å². The summed E-state index contributed by atoms with van der Waals surface area (Å²) in [6.07, 6.45) is 5.48. The van der Waals surface area contributed by atoms with E-state index in [4.69, 9.17) is 0 Å². The Morgan fingerprint density at radius 3 is 2.88 bits per heavy atom. The van der Waals surface area contributed by atoms with Crippen LogP contribution in [0, 0.1) is 6.92 Å². The van der Waals surface area contributed by atoms with Gasteiger partial charge in [-0.25, -0.2) is 0 Å². The lowest BCUT2D eigenvalue weighted by molar-refractivity contribution is 0.0952. The van der Waals surface area contributed by atoms with E-state index in [2.05, 4.69) is 15.5 Å². The molecule has 0 fully saturated rings. The molecule has 2 heterocycles. The number of aryl methyl sites for hydroxylation is 1. The van der Waals surface area contributed by atoms with E-state index < -0.39 is 0 Å². The van der Waals surface area contributed by atoms with Crippen molar-refractivity contribution in [3.63, 3.8) is 0 Å². The molecule has 1 amide bonds. The fraction of sp³-hybridized carbons (Fsp3) is 0.273. The molecular weight excluding hydrogens is 204 g/mol. The number of nitrogens with zero attached hydrogens (tertiary/aromatic N) is 2. The molecule has 2 rings (SSSR count). The van der Waals surface area contributed by atoms with Gasteiger partial charge in [0.2, 0.25) is 0 Å². The molecule has 16 heavy (non-hydrogen) atoms. The molecule has 84 valence electrons. The van der Waals surface area contributed by atoms with Gasteiger partial charge in [-0.2, -0.15) is 5.10 Å². The van der Waals surface area contributed by atoms with Gasteiger partial charge >= 0.3 is 0 Å². The summed E-state index contributed by atoms with van der Waals surface area (Å²) >= 11 is 0. The maximum absolute atomic E-state index is 11.7. The highest BCUT2D eigenvalue weighted by Gasteiger charge is 2.09. The SMILES string of the molecule is Cc1[nH]ncc1C(=O)NCCn1cccc1. The molecule has 0 aliphatic carbocycles. The quantitative estimate of drug-likeness (QED) is 0.802. The molecule has 0 spiro atoms. The van der Waals surface area contributed by atoms with Crippen molar-refractivity contribution in [2.45, 2.75) is 13.5 Å². The lowest BCUT2D eigenvalue weighted by Crippen LogP contribution is -2.27. The Bertz CT molecular complexity index is 458. The highest BCUT2D eigenvalue weighted by atomic mass is 16.1. The zero-order valence-electron chi connectivity index (χ0n) is 9.10. The number of hydrogen-bond acceptors (Lipinski definition) is 2. The predicted octanol–water partition coefficient (Wildman–Crippen LogP) is 0.950. The summed E-state index contributed by atoms with van der Waals surface area (Å²) in [5, 5.41) is 9.39. The minimum Gasteiger partial charge on any atom is -0.353 e. The van der Waals surface area contributed by atoms with Crippen LogP contribution in [0.3, 0.4) is 0 Å². The van der Waals surface area contributed by atoms with Crippen molar-refractivity contribution in [3.05, 3.63) is 42.0 Å². The summed E-state index contributed by atoms with van der Waals surface area (Å²) in [5.41, 5.74) is 1.39. The first-order chi connectivity index (χ1) is 7.77. The second-order valence-electron chi connectivity index (χ2n) is 3.59. The first-order valence-corrected chi connectivity index (χ1v) is 5.16. The molecule has 5 nitrogen and oxygen atoms in total. The molecule has 0 saturated heterocycles. The second-order valence-corrected chi connectivity index (χ2v) is 3.59. The molecule has 2 N–H and O–H groups in total. The van der Waals surface area contributed by atoms with Crippen LogP contribution in [0.1, 0.15) is 16.1 Å². The third-order valence-electron chi connectivity index (χ3n) is 2.40. The van der Waals surface area contributed by atoms with Crippen molar-refractivity contribution in [3.8, 4) is 0 Å². The molecule has 2 aromatic rings. The number of carbonyl (C=O) groups excluding carboxylic acids is 1. The number of hydrogen-bond donors (Lipinski definition) is 2. The summed E-state index contributed by atoms with van der Waals surface area (Å²) in [6.45, 7) is 3.21. The number of nitrogens with one attached hydrogen (secondary N) is 2. The highest BCUT2D eigenvalue weighted by molar-refractivity contribution is 5.94. The first kappa shape index (κ1) is 10.5. The van der Waals surface area contributed by atoms with Gasteiger partial charge in [0.15, 0.2) is 0 Å². The van der Waals surface area contributed by atoms with Crippen molar-refractivity contribution in [1.82, 2.24) is 20.1 Å². The Morgan fingerprint density at radius 1 is 1.50 bits per heavy atom. The molecule has 0 bridgehead atoms. The van der Waals surface area contributed by atoms with Gasteiger partial charge in [0, 0.05) is 31.2 Å². The van der Waals surface area contributed by atoms with Crippen LogP contribution in [0.5, 0.6) is 0 Å². The average Bonchev–Trinajstić information content (AvgIpc) is 2.88. The van der Waals surface area contributed by atoms with Gasteiger partial charge in [0.05, 0.1) is 11.8 Å². The van der Waals surface area contributed by atoms with E-state index in [9.17, 15) is 4.79 Å². The molecule has 0 atom stereocenters.